The van der Waals surface area contributed by atoms with Gasteiger partial charge in [0.05, 0.1) is 41.2 Å². The molecule has 0 spiro atoms. The molecule has 0 bridgehead atoms. The minimum Gasteiger partial charge on any atom is -0.497 e. The quantitative estimate of drug-likeness (QED) is 0.328. The molecule has 226 valence electrons. The average molecular weight is 581 g/mol. The van der Waals surface area contributed by atoms with Crippen molar-refractivity contribution in [3.8, 4) is 17.2 Å². The van der Waals surface area contributed by atoms with Crippen LogP contribution in [0.5, 0.6) is 17.2 Å². The van der Waals surface area contributed by atoms with Gasteiger partial charge in [0.15, 0.2) is 5.79 Å². The monoisotopic (exact) mass is 580 g/mol. The highest BCUT2D eigenvalue weighted by Gasteiger charge is 2.59. The molecule has 1 N–H and O–H groups in total. The maximum atomic E-state index is 11.8. The number of methoxy groups -OCH3 is 3. The third-order valence-electron chi connectivity index (χ3n) is 7.61. The molecule has 5 rings (SSSR count). The van der Waals surface area contributed by atoms with Crippen molar-refractivity contribution in [3.63, 3.8) is 0 Å². The van der Waals surface area contributed by atoms with Crippen molar-refractivity contribution < 1.29 is 43.0 Å². The number of aliphatic hydroxyl groups excluding tert-OH is 1. The first-order chi connectivity index (χ1) is 20.3. The molecule has 0 amide bonds. The van der Waals surface area contributed by atoms with Gasteiger partial charge in [-0.15, -0.1) is 0 Å². The molecule has 2 fully saturated rings. The van der Waals surface area contributed by atoms with Crippen LogP contribution in [0.25, 0.3) is 0 Å². The second-order valence-corrected chi connectivity index (χ2v) is 10.9. The smallest absolute Gasteiger partial charge is 0.164 e. The van der Waals surface area contributed by atoms with E-state index in [-0.39, 0.29) is 19.8 Å². The first kappa shape index (κ1) is 30.3. The first-order valence-corrected chi connectivity index (χ1v) is 14.1. The Hall–Kier alpha value is -3.18. The zero-order valence-corrected chi connectivity index (χ0v) is 24.7. The van der Waals surface area contributed by atoms with Crippen LogP contribution in [0, 0.1) is 0 Å². The summed E-state index contributed by atoms with van der Waals surface area (Å²) in [4.78, 5) is 0. The van der Waals surface area contributed by atoms with Crippen molar-refractivity contribution in [2.75, 3.05) is 21.3 Å². The molecular formula is C33H40O9. The molecule has 1 saturated carbocycles. The SMILES string of the molecule is COc1ccc(CO[C@@H]2[C@@H]3OC(C)(C)O[C@@H]3[C@@H](OCc3ccc(OC)cc3)[C@H](O)[C@H]2OCc2ccc(OC)cc2)cc1. The van der Waals surface area contributed by atoms with Crippen LogP contribution in [0.2, 0.25) is 0 Å². The fourth-order valence-corrected chi connectivity index (χ4v) is 5.41. The predicted octanol–water partition coefficient (Wildman–Crippen LogP) is 4.66. The van der Waals surface area contributed by atoms with Crippen LogP contribution in [0.1, 0.15) is 30.5 Å². The highest BCUT2D eigenvalue weighted by atomic mass is 16.8. The average Bonchev–Trinajstić information content (AvgIpc) is 3.34. The van der Waals surface area contributed by atoms with E-state index in [1.54, 1.807) is 21.3 Å². The van der Waals surface area contributed by atoms with Crippen molar-refractivity contribution in [2.45, 2.75) is 76.1 Å². The van der Waals surface area contributed by atoms with Gasteiger partial charge in [-0.1, -0.05) is 36.4 Å². The topological polar surface area (TPSA) is 94.1 Å². The third kappa shape index (κ3) is 7.06. The zero-order valence-electron chi connectivity index (χ0n) is 24.7. The van der Waals surface area contributed by atoms with E-state index in [2.05, 4.69) is 0 Å². The van der Waals surface area contributed by atoms with E-state index >= 15 is 0 Å². The molecule has 0 radical (unpaired) electrons. The Kier molecular flexibility index (Phi) is 9.67. The Balaban J connectivity index is 1.38. The maximum Gasteiger partial charge on any atom is 0.164 e. The second kappa shape index (κ2) is 13.4. The molecule has 1 heterocycles. The molecule has 0 unspecified atom stereocenters. The summed E-state index contributed by atoms with van der Waals surface area (Å²) in [5, 5.41) is 11.8. The number of benzene rings is 3. The molecule has 0 aromatic heterocycles. The standard InChI is InChI=1S/C33H40O9/c1-33(2)41-31-29(39-19-22-8-14-25(36-4)15-9-22)27(34)28(38-18-21-6-12-24(35-3)13-7-21)30(32(31)42-33)40-20-23-10-16-26(37-5)17-11-23/h6-17,27-32,34H,18-20H2,1-5H3/t27-,28-,29+,30+,31-,32+/m1/s1. The molecule has 2 aliphatic rings. The van der Waals surface area contributed by atoms with Crippen LogP contribution in [-0.2, 0) is 43.5 Å². The minimum atomic E-state index is -1.05. The van der Waals surface area contributed by atoms with Gasteiger partial charge in [-0.05, 0) is 66.9 Å². The molecule has 1 aliphatic carbocycles. The molecule has 6 atom stereocenters. The molecule has 1 saturated heterocycles. The first-order valence-electron chi connectivity index (χ1n) is 14.1. The van der Waals surface area contributed by atoms with E-state index in [0.29, 0.717) is 0 Å². The van der Waals surface area contributed by atoms with Crippen LogP contribution in [-0.4, -0.2) is 68.8 Å². The van der Waals surface area contributed by atoms with Crippen LogP contribution in [0.15, 0.2) is 72.8 Å². The summed E-state index contributed by atoms with van der Waals surface area (Å²) < 4.78 is 47.8. The van der Waals surface area contributed by atoms with Gasteiger partial charge >= 0.3 is 0 Å². The Morgan fingerprint density at radius 2 is 0.881 bits per heavy atom. The summed E-state index contributed by atoms with van der Waals surface area (Å²) in [5.41, 5.74) is 2.82. The summed E-state index contributed by atoms with van der Waals surface area (Å²) in [6, 6.07) is 22.9. The normalized spacial score (nSPS) is 26.4. The Morgan fingerprint density at radius 1 is 0.548 bits per heavy atom. The van der Waals surface area contributed by atoms with Crippen LogP contribution >= 0.6 is 0 Å². The number of rotatable bonds is 12. The van der Waals surface area contributed by atoms with Gasteiger partial charge in [0, 0.05) is 0 Å². The van der Waals surface area contributed by atoms with Gasteiger partial charge in [-0.25, -0.2) is 0 Å². The van der Waals surface area contributed by atoms with Gasteiger partial charge in [0.25, 0.3) is 0 Å². The number of aliphatic hydroxyl groups is 1. The van der Waals surface area contributed by atoms with Crippen molar-refractivity contribution in [3.05, 3.63) is 89.5 Å². The molecule has 9 nitrogen and oxygen atoms in total. The van der Waals surface area contributed by atoms with E-state index in [9.17, 15) is 5.11 Å². The fraction of sp³-hybridized carbons (Fsp3) is 0.455. The molecule has 9 heteroatoms. The summed E-state index contributed by atoms with van der Waals surface area (Å²) in [7, 11) is 4.89. The second-order valence-electron chi connectivity index (χ2n) is 10.9. The highest BCUT2D eigenvalue weighted by molar-refractivity contribution is 5.28. The summed E-state index contributed by atoms with van der Waals surface area (Å²) >= 11 is 0. The largest absolute Gasteiger partial charge is 0.497 e. The van der Waals surface area contributed by atoms with E-state index in [1.165, 1.54) is 0 Å². The molecular weight excluding hydrogens is 540 g/mol. The van der Waals surface area contributed by atoms with Crippen molar-refractivity contribution in [2.24, 2.45) is 0 Å². The van der Waals surface area contributed by atoms with E-state index < -0.39 is 42.4 Å². The molecule has 42 heavy (non-hydrogen) atoms. The van der Waals surface area contributed by atoms with E-state index in [0.717, 1.165) is 33.9 Å². The predicted molar refractivity (Wildman–Crippen MR) is 155 cm³/mol. The molecule has 3 aromatic rings. The van der Waals surface area contributed by atoms with Crippen molar-refractivity contribution in [1.82, 2.24) is 0 Å². The fourth-order valence-electron chi connectivity index (χ4n) is 5.41. The van der Waals surface area contributed by atoms with Gasteiger partial charge in [-0.3, -0.25) is 0 Å². The lowest BCUT2D eigenvalue weighted by atomic mass is 9.84. The van der Waals surface area contributed by atoms with Crippen molar-refractivity contribution in [1.29, 1.82) is 0 Å². The van der Waals surface area contributed by atoms with Gasteiger partial charge in [-0.2, -0.15) is 0 Å². The number of hydrogen-bond donors (Lipinski definition) is 1. The molecule has 3 aromatic carbocycles. The summed E-state index contributed by atoms with van der Waals surface area (Å²) in [5.74, 6) is 1.38. The number of hydrogen-bond acceptors (Lipinski definition) is 9. The van der Waals surface area contributed by atoms with Crippen LogP contribution in [0.4, 0.5) is 0 Å². The Bertz CT molecular complexity index is 1260. The van der Waals surface area contributed by atoms with Crippen LogP contribution in [0.3, 0.4) is 0 Å². The third-order valence-corrected chi connectivity index (χ3v) is 7.61. The summed E-state index contributed by atoms with van der Waals surface area (Å²) in [6.07, 6.45) is -4.28. The van der Waals surface area contributed by atoms with Gasteiger partial charge < -0.3 is 43.0 Å². The highest BCUT2D eigenvalue weighted by Crippen LogP contribution is 2.41. The lowest BCUT2D eigenvalue weighted by molar-refractivity contribution is -0.238. The van der Waals surface area contributed by atoms with Crippen LogP contribution < -0.4 is 14.2 Å². The van der Waals surface area contributed by atoms with E-state index in [4.69, 9.17) is 37.9 Å². The summed E-state index contributed by atoms with van der Waals surface area (Å²) in [6.45, 7) is 4.51. The Morgan fingerprint density at radius 3 is 1.26 bits per heavy atom. The lowest BCUT2D eigenvalue weighted by Crippen LogP contribution is -2.64. The zero-order chi connectivity index (χ0) is 29.7. The molecule has 1 aliphatic heterocycles. The number of fused-ring (bicyclic) bond motifs is 1. The van der Waals surface area contributed by atoms with Gasteiger partial charge in [0.2, 0.25) is 0 Å². The maximum absolute atomic E-state index is 11.8. The minimum absolute atomic E-state index is 0.251. The van der Waals surface area contributed by atoms with Crippen molar-refractivity contribution >= 4 is 0 Å². The van der Waals surface area contributed by atoms with Gasteiger partial charge in [0.1, 0.15) is 53.9 Å². The van der Waals surface area contributed by atoms with E-state index in [1.807, 2.05) is 86.6 Å². The number of ether oxygens (including phenoxy) is 8. The lowest BCUT2D eigenvalue weighted by Gasteiger charge is -2.44. The Labute approximate surface area is 247 Å².